The molecule has 0 atom stereocenters. The average Bonchev–Trinajstić information content (AvgIpc) is 3.31. The lowest BCUT2D eigenvalue weighted by Gasteiger charge is -2.05. The molecule has 0 aliphatic heterocycles. The highest BCUT2D eigenvalue weighted by Crippen LogP contribution is 2.22. The molecule has 1 amide bonds. The van der Waals surface area contributed by atoms with Crippen LogP contribution in [0.25, 0.3) is 0 Å². The Morgan fingerprint density at radius 2 is 1.79 bits per heavy atom. The zero-order valence-electron chi connectivity index (χ0n) is 14.0. The molecule has 0 fully saturated rings. The van der Waals surface area contributed by atoms with Gasteiger partial charge in [-0.05, 0) is 29.1 Å². The number of rotatable bonds is 7. The van der Waals surface area contributed by atoms with Crippen LogP contribution in [0.3, 0.4) is 0 Å². The summed E-state index contributed by atoms with van der Waals surface area (Å²) < 4.78 is 49.3. The fourth-order valence-electron chi connectivity index (χ4n) is 2.08. The second-order valence-electron chi connectivity index (χ2n) is 5.45. The SMILES string of the molecule is NS(=O)(=O)c1ccc(CNC(=O)c2csc(NS(=O)(=O)c3cccs3)n2)cc1. The Labute approximate surface area is 169 Å². The minimum atomic E-state index is -3.77. The van der Waals surface area contributed by atoms with Crippen molar-refractivity contribution >= 4 is 53.8 Å². The van der Waals surface area contributed by atoms with Crippen LogP contribution in [0.1, 0.15) is 16.1 Å². The quantitative estimate of drug-likeness (QED) is 0.489. The molecule has 1 aromatic carbocycles. The van der Waals surface area contributed by atoms with Gasteiger partial charge in [0.15, 0.2) is 5.13 Å². The highest BCUT2D eigenvalue weighted by Gasteiger charge is 2.18. The molecule has 0 radical (unpaired) electrons. The molecule has 0 aliphatic carbocycles. The van der Waals surface area contributed by atoms with Crippen molar-refractivity contribution in [2.24, 2.45) is 5.14 Å². The highest BCUT2D eigenvalue weighted by molar-refractivity contribution is 7.94. The van der Waals surface area contributed by atoms with E-state index in [0.717, 1.165) is 22.7 Å². The summed E-state index contributed by atoms with van der Waals surface area (Å²) in [5, 5.41) is 10.8. The monoisotopic (exact) mass is 458 g/mol. The number of carbonyl (C=O) groups excluding carboxylic acids is 1. The van der Waals surface area contributed by atoms with E-state index >= 15 is 0 Å². The molecule has 0 unspecified atom stereocenters. The first kappa shape index (κ1) is 20.4. The molecule has 3 aromatic rings. The minimum Gasteiger partial charge on any atom is -0.347 e. The number of thiazole rings is 1. The maximum Gasteiger partial charge on any atom is 0.273 e. The Balaban J connectivity index is 1.61. The number of aromatic nitrogens is 1. The van der Waals surface area contributed by atoms with Gasteiger partial charge in [-0.1, -0.05) is 18.2 Å². The number of primary sulfonamides is 1. The summed E-state index contributed by atoms with van der Waals surface area (Å²) in [5.74, 6) is -0.492. The number of nitrogens with one attached hydrogen (secondary N) is 2. The zero-order chi connectivity index (χ0) is 20.4. The van der Waals surface area contributed by atoms with Gasteiger partial charge in [0.1, 0.15) is 9.90 Å². The lowest BCUT2D eigenvalue weighted by Crippen LogP contribution is -2.23. The first-order valence-electron chi connectivity index (χ1n) is 7.57. The van der Waals surface area contributed by atoms with Crippen molar-refractivity contribution < 1.29 is 21.6 Å². The first-order valence-corrected chi connectivity index (χ1v) is 12.4. The largest absolute Gasteiger partial charge is 0.347 e. The van der Waals surface area contributed by atoms with Gasteiger partial charge in [-0.2, -0.15) is 0 Å². The zero-order valence-corrected chi connectivity index (χ0v) is 17.3. The molecule has 0 bridgehead atoms. The smallest absolute Gasteiger partial charge is 0.273 e. The molecule has 4 N–H and O–H groups in total. The minimum absolute atomic E-state index is 0.0234. The van der Waals surface area contributed by atoms with Crippen molar-refractivity contribution in [3.63, 3.8) is 0 Å². The summed E-state index contributed by atoms with van der Waals surface area (Å²) in [6, 6.07) is 8.84. The van der Waals surface area contributed by atoms with Crippen molar-refractivity contribution in [3.8, 4) is 0 Å². The highest BCUT2D eigenvalue weighted by atomic mass is 32.2. The van der Waals surface area contributed by atoms with Crippen molar-refractivity contribution in [2.75, 3.05) is 4.72 Å². The molecular weight excluding hydrogens is 444 g/mol. The van der Waals surface area contributed by atoms with Crippen LogP contribution < -0.4 is 15.2 Å². The summed E-state index contributed by atoms with van der Waals surface area (Å²) >= 11 is 2.06. The normalized spacial score (nSPS) is 11.9. The molecule has 0 aliphatic rings. The molecule has 28 heavy (non-hydrogen) atoms. The molecule has 0 saturated carbocycles. The molecule has 9 nitrogen and oxygen atoms in total. The molecule has 3 rings (SSSR count). The third-order valence-corrected chi connectivity index (χ3v) is 7.98. The standard InChI is InChI=1S/C15H14N4O5S4/c16-27(21,22)11-5-3-10(4-6-11)8-17-14(20)12-9-26-15(18-12)19-28(23,24)13-2-1-7-25-13/h1-7,9H,8H2,(H,17,20)(H,18,19)(H2,16,21,22). The molecule has 148 valence electrons. The average molecular weight is 459 g/mol. The summed E-state index contributed by atoms with van der Waals surface area (Å²) in [4.78, 5) is 16.2. The van der Waals surface area contributed by atoms with Crippen LogP contribution in [0.2, 0.25) is 0 Å². The van der Waals surface area contributed by atoms with Crippen LogP contribution >= 0.6 is 22.7 Å². The van der Waals surface area contributed by atoms with Gasteiger partial charge in [-0.3, -0.25) is 9.52 Å². The van der Waals surface area contributed by atoms with E-state index < -0.39 is 26.0 Å². The number of hydrogen-bond acceptors (Lipinski definition) is 8. The number of benzene rings is 1. The molecule has 2 heterocycles. The van der Waals surface area contributed by atoms with Crippen LogP contribution in [0.4, 0.5) is 5.13 Å². The number of thiophene rings is 1. The fourth-order valence-corrected chi connectivity index (χ4v) is 5.53. The maximum absolute atomic E-state index is 12.2. The van der Waals surface area contributed by atoms with Gasteiger partial charge in [-0.25, -0.2) is 27.0 Å². The third kappa shape index (κ3) is 4.94. The van der Waals surface area contributed by atoms with Crippen LogP contribution in [0.15, 0.2) is 56.3 Å². The van der Waals surface area contributed by atoms with Crippen molar-refractivity contribution in [2.45, 2.75) is 15.6 Å². The molecule has 0 saturated heterocycles. The third-order valence-electron chi connectivity index (χ3n) is 3.42. The summed E-state index contributed by atoms with van der Waals surface area (Å²) in [7, 11) is -7.50. The Morgan fingerprint density at radius 1 is 1.07 bits per heavy atom. The summed E-state index contributed by atoms with van der Waals surface area (Å²) in [6.07, 6.45) is 0. The summed E-state index contributed by atoms with van der Waals surface area (Å²) in [5.41, 5.74) is 0.727. The van der Waals surface area contributed by atoms with E-state index in [9.17, 15) is 21.6 Å². The number of anilines is 1. The van der Waals surface area contributed by atoms with Gasteiger partial charge in [-0.15, -0.1) is 22.7 Å². The topological polar surface area (TPSA) is 148 Å². The second-order valence-corrected chi connectivity index (χ2v) is 10.7. The van der Waals surface area contributed by atoms with Gasteiger partial charge in [0.25, 0.3) is 15.9 Å². The van der Waals surface area contributed by atoms with E-state index in [0.29, 0.717) is 5.56 Å². The molecule has 2 aromatic heterocycles. The van der Waals surface area contributed by atoms with Crippen LogP contribution in [-0.2, 0) is 26.6 Å². The number of hydrogen-bond donors (Lipinski definition) is 3. The lowest BCUT2D eigenvalue weighted by atomic mass is 10.2. The van der Waals surface area contributed by atoms with Crippen LogP contribution in [-0.4, -0.2) is 27.7 Å². The number of nitrogens with zero attached hydrogens (tertiary/aromatic N) is 1. The Hall–Kier alpha value is -2.32. The van der Waals surface area contributed by atoms with E-state index in [1.165, 1.54) is 35.7 Å². The Kier molecular flexibility index (Phi) is 5.81. The lowest BCUT2D eigenvalue weighted by molar-refractivity contribution is 0.0946. The molecule has 0 spiro atoms. The number of amides is 1. The van der Waals surface area contributed by atoms with Gasteiger partial charge in [0.05, 0.1) is 4.90 Å². The van der Waals surface area contributed by atoms with E-state index in [4.69, 9.17) is 5.14 Å². The van der Waals surface area contributed by atoms with Gasteiger partial charge < -0.3 is 5.32 Å². The fraction of sp³-hybridized carbons (Fsp3) is 0.0667. The van der Waals surface area contributed by atoms with Crippen molar-refractivity contribution in [1.29, 1.82) is 0 Å². The van der Waals surface area contributed by atoms with Gasteiger partial charge >= 0.3 is 0 Å². The van der Waals surface area contributed by atoms with E-state index in [2.05, 4.69) is 15.0 Å². The summed E-state index contributed by atoms with van der Waals surface area (Å²) in [6.45, 7) is 0.136. The van der Waals surface area contributed by atoms with Crippen LogP contribution in [0.5, 0.6) is 0 Å². The van der Waals surface area contributed by atoms with E-state index in [-0.39, 0.29) is 26.5 Å². The van der Waals surface area contributed by atoms with Crippen LogP contribution in [0, 0.1) is 0 Å². The maximum atomic E-state index is 12.2. The predicted molar refractivity (Wildman–Crippen MR) is 106 cm³/mol. The molecule has 13 heteroatoms. The predicted octanol–water partition coefficient (Wildman–Crippen LogP) is 1.58. The van der Waals surface area contributed by atoms with E-state index in [1.807, 2.05) is 0 Å². The molecular formula is C15H14N4O5S4. The number of sulfonamides is 2. The Morgan fingerprint density at radius 3 is 2.39 bits per heavy atom. The van der Waals surface area contributed by atoms with Gasteiger partial charge in [0, 0.05) is 11.9 Å². The van der Waals surface area contributed by atoms with Crippen molar-refractivity contribution in [1.82, 2.24) is 10.3 Å². The number of nitrogens with two attached hydrogens (primary N) is 1. The first-order chi connectivity index (χ1) is 13.1. The second kappa shape index (κ2) is 7.97. The van der Waals surface area contributed by atoms with Crippen molar-refractivity contribution in [3.05, 3.63) is 58.4 Å². The number of carbonyl (C=O) groups is 1. The Bertz CT molecular complexity index is 1180. The van der Waals surface area contributed by atoms with Gasteiger partial charge in [0.2, 0.25) is 10.0 Å². The van der Waals surface area contributed by atoms with E-state index in [1.54, 1.807) is 11.4 Å².